The SMILES string of the molecule is [C]c1cccs1. The van der Waals surface area contributed by atoms with Crippen LogP contribution >= 0.6 is 11.3 Å². The number of hydrogen-bond donors (Lipinski definition) is 0. The van der Waals surface area contributed by atoms with Crippen LogP contribution < -0.4 is 0 Å². The zero-order valence-corrected chi connectivity index (χ0v) is 3.96. The van der Waals surface area contributed by atoms with Crippen LogP contribution in [0, 0.1) is 6.92 Å². The average molecular weight is 95.1 g/mol. The molecule has 0 aliphatic carbocycles. The Balaban J connectivity index is 3.05. The first-order valence-electron chi connectivity index (χ1n) is 1.65. The molecule has 3 radical (unpaired) electrons. The van der Waals surface area contributed by atoms with Crippen LogP contribution in [0.5, 0.6) is 0 Å². The molecule has 1 rings (SSSR count). The molecular formula is C5H3S. The van der Waals surface area contributed by atoms with Crippen LogP contribution in [0.3, 0.4) is 0 Å². The van der Waals surface area contributed by atoms with E-state index in [2.05, 4.69) is 0 Å². The number of thiophene rings is 1. The molecule has 0 nitrogen and oxygen atoms in total. The molecule has 0 saturated heterocycles. The van der Waals surface area contributed by atoms with Gasteiger partial charge in [0.05, 0.1) is 0 Å². The van der Waals surface area contributed by atoms with E-state index in [-0.39, 0.29) is 0 Å². The minimum atomic E-state index is 0.634. The molecule has 0 fully saturated rings. The smallest absolute Gasteiger partial charge is 0.0418 e. The molecule has 0 unspecified atom stereocenters. The highest BCUT2D eigenvalue weighted by molar-refractivity contribution is 7.10. The van der Waals surface area contributed by atoms with Crippen molar-refractivity contribution in [3.63, 3.8) is 0 Å². The molecule has 1 heteroatoms. The summed E-state index contributed by atoms with van der Waals surface area (Å²) < 4.78 is 0. The molecule has 0 spiro atoms. The van der Waals surface area contributed by atoms with E-state index in [4.69, 9.17) is 6.92 Å². The maximum Gasteiger partial charge on any atom is 0.0418 e. The van der Waals surface area contributed by atoms with E-state index in [9.17, 15) is 0 Å². The third-order valence-corrected chi connectivity index (χ3v) is 1.20. The number of hydrogen-bond acceptors (Lipinski definition) is 1. The summed E-state index contributed by atoms with van der Waals surface area (Å²) in [7, 11) is 0. The Morgan fingerprint density at radius 2 is 2.50 bits per heavy atom. The molecule has 1 aromatic heterocycles. The highest BCUT2D eigenvalue weighted by Crippen LogP contribution is 2.03. The van der Waals surface area contributed by atoms with E-state index in [0.29, 0.717) is 4.88 Å². The maximum atomic E-state index is 6.89. The van der Waals surface area contributed by atoms with Crippen molar-refractivity contribution in [2.45, 2.75) is 0 Å². The van der Waals surface area contributed by atoms with E-state index in [1.165, 1.54) is 11.3 Å². The Labute approximate surface area is 41.4 Å². The average Bonchev–Trinajstić information content (AvgIpc) is 1.86. The van der Waals surface area contributed by atoms with Crippen LogP contribution in [0.25, 0.3) is 0 Å². The molecule has 0 saturated carbocycles. The summed E-state index contributed by atoms with van der Waals surface area (Å²) in [5, 5.41) is 1.89. The minimum Gasteiger partial charge on any atom is -0.148 e. The van der Waals surface area contributed by atoms with Gasteiger partial charge in [-0.25, -0.2) is 0 Å². The highest BCUT2D eigenvalue weighted by Gasteiger charge is 1.75. The summed E-state index contributed by atoms with van der Waals surface area (Å²) in [6.07, 6.45) is 0. The lowest BCUT2D eigenvalue weighted by Gasteiger charge is -1.64. The molecule has 29 valence electrons. The van der Waals surface area contributed by atoms with Gasteiger partial charge in [0.1, 0.15) is 0 Å². The first-order valence-corrected chi connectivity index (χ1v) is 2.52. The molecule has 0 aliphatic heterocycles. The molecule has 0 N–H and O–H groups in total. The number of rotatable bonds is 0. The standard InChI is InChI=1S/C5H3S/c1-5-3-2-4-6-5/h2-4H. The summed E-state index contributed by atoms with van der Waals surface area (Å²) in [5.74, 6) is 0. The molecule has 1 aromatic rings. The van der Waals surface area contributed by atoms with Crippen LogP contribution in [-0.4, -0.2) is 0 Å². The van der Waals surface area contributed by atoms with Gasteiger partial charge >= 0.3 is 0 Å². The predicted octanol–water partition coefficient (Wildman–Crippen LogP) is 1.68. The molecular weight excluding hydrogens is 92.1 g/mol. The first-order chi connectivity index (χ1) is 2.89. The predicted molar refractivity (Wildman–Crippen MR) is 26.7 cm³/mol. The van der Waals surface area contributed by atoms with Gasteiger partial charge in [0.15, 0.2) is 0 Å². The third kappa shape index (κ3) is 0.601. The molecule has 0 amide bonds. The lowest BCUT2D eigenvalue weighted by atomic mass is 10.5. The van der Waals surface area contributed by atoms with Crippen LogP contribution in [0.2, 0.25) is 0 Å². The van der Waals surface area contributed by atoms with Crippen molar-refractivity contribution in [1.82, 2.24) is 0 Å². The Morgan fingerprint density at radius 3 is 2.67 bits per heavy atom. The van der Waals surface area contributed by atoms with Gasteiger partial charge in [0, 0.05) is 11.8 Å². The van der Waals surface area contributed by atoms with Gasteiger partial charge in [-0.15, -0.1) is 11.3 Å². The van der Waals surface area contributed by atoms with Crippen LogP contribution in [-0.2, 0) is 0 Å². The van der Waals surface area contributed by atoms with Crippen molar-refractivity contribution in [3.05, 3.63) is 29.3 Å². The second-order valence-electron chi connectivity index (χ2n) is 0.977. The van der Waals surface area contributed by atoms with Crippen LogP contribution in [0.4, 0.5) is 0 Å². The Morgan fingerprint density at radius 1 is 1.67 bits per heavy atom. The Hall–Kier alpha value is -0.300. The Kier molecular flexibility index (Phi) is 0.926. The fourth-order valence-corrected chi connectivity index (χ4v) is 0.739. The second-order valence-corrected chi connectivity index (χ2v) is 1.92. The van der Waals surface area contributed by atoms with Crippen molar-refractivity contribution in [2.75, 3.05) is 0 Å². The molecule has 6 heavy (non-hydrogen) atoms. The highest BCUT2D eigenvalue weighted by atomic mass is 32.1. The fraction of sp³-hybridized carbons (Fsp3) is 0. The van der Waals surface area contributed by atoms with Gasteiger partial charge in [-0.05, 0) is 11.4 Å². The monoisotopic (exact) mass is 95.0 g/mol. The zero-order valence-electron chi connectivity index (χ0n) is 3.14. The van der Waals surface area contributed by atoms with E-state index in [1.54, 1.807) is 6.07 Å². The van der Waals surface area contributed by atoms with Crippen LogP contribution in [0.15, 0.2) is 17.5 Å². The van der Waals surface area contributed by atoms with E-state index < -0.39 is 0 Å². The van der Waals surface area contributed by atoms with Gasteiger partial charge in [-0.1, -0.05) is 6.07 Å². The van der Waals surface area contributed by atoms with Gasteiger partial charge in [0.25, 0.3) is 0 Å². The normalized spacial score (nSPS) is 8.83. The van der Waals surface area contributed by atoms with E-state index in [1.807, 2.05) is 11.4 Å². The topological polar surface area (TPSA) is 0 Å². The van der Waals surface area contributed by atoms with Crippen molar-refractivity contribution in [2.24, 2.45) is 0 Å². The zero-order chi connectivity index (χ0) is 4.41. The lowest BCUT2D eigenvalue weighted by molar-refractivity contribution is 1.89. The summed E-state index contributed by atoms with van der Waals surface area (Å²) >= 11 is 1.44. The van der Waals surface area contributed by atoms with Crippen molar-refractivity contribution >= 4 is 11.3 Å². The maximum absolute atomic E-state index is 6.89. The van der Waals surface area contributed by atoms with Gasteiger partial charge in [0.2, 0.25) is 0 Å². The summed E-state index contributed by atoms with van der Waals surface area (Å²) in [5.41, 5.74) is 0. The molecule has 0 atom stereocenters. The molecule has 1 heterocycles. The van der Waals surface area contributed by atoms with Crippen molar-refractivity contribution < 1.29 is 0 Å². The van der Waals surface area contributed by atoms with Crippen LogP contribution in [0.1, 0.15) is 4.88 Å². The largest absolute Gasteiger partial charge is 0.148 e. The van der Waals surface area contributed by atoms with E-state index in [0.717, 1.165) is 0 Å². The van der Waals surface area contributed by atoms with Gasteiger partial charge in [-0.2, -0.15) is 0 Å². The third-order valence-electron chi connectivity index (χ3n) is 0.521. The molecule has 0 aromatic carbocycles. The summed E-state index contributed by atoms with van der Waals surface area (Å²) in [6, 6.07) is 3.64. The lowest BCUT2D eigenvalue weighted by Crippen LogP contribution is -1.43. The van der Waals surface area contributed by atoms with E-state index >= 15 is 0 Å². The minimum absolute atomic E-state index is 0.634. The molecule has 0 aliphatic rings. The second kappa shape index (κ2) is 1.43. The quantitative estimate of drug-likeness (QED) is 0.460. The first kappa shape index (κ1) is 3.88. The fourth-order valence-electron chi connectivity index (χ4n) is 0.279. The Bertz CT molecular complexity index is 107. The van der Waals surface area contributed by atoms with Crippen molar-refractivity contribution in [1.29, 1.82) is 0 Å². The summed E-state index contributed by atoms with van der Waals surface area (Å²) in [6.45, 7) is 6.89. The van der Waals surface area contributed by atoms with Crippen molar-refractivity contribution in [3.8, 4) is 0 Å². The van der Waals surface area contributed by atoms with Gasteiger partial charge in [-0.3, -0.25) is 0 Å². The van der Waals surface area contributed by atoms with Gasteiger partial charge < -0.3 is 0 Å². The summed E-state index contributed by atoms with van der Waals surface area (Å²) in [4.78, 5) is 0.634. The molecule has 0 bridgehead atoms.